The number of carboxylic acids is 1. The summed E-state index contributed by atoms with van der Waals surface area (Å²) in [5.74, 6) is -0.371. The van der Waals surface area contributed by atoms with Crippen LogP contribution in [0.1, 0.15) is 32.2 Å². The molecule has 0 unspecified atom stereocenters. The monoisotopic (exact) mass is 349 g/mol. The number of benzene rings is 1. The second-order valence-corrected chi connectivity index (χ2v) is 5.45. The molecule has 0 radical (unpaired) electrons. The SMILES string of the molecule is Cc1cc(C(=O)O)ccc1-c1ccc(C=NNC(=O)c2ccccn2)o1. The summed E-state index contributed by atoms with van der Waals surface area (Å²) in [6.07, 6.45) is 2.90. The second kappa shape index (κ2) is 7.43. The Kier molecular flexibility index (Phi) is 4.89. The summed E-state index contributed by atoms with van der Waals surface area (Å²) in [5, 5.41) is 12.9. The highest BCUT2D eigenvalue weighted by Gasteiger charge is 2.10. The third kappa shape index (κ3) is 3.84. The normalized spacial score (nSPS) is 10.8. The van der Waals surface area contributed by atoms with Gasteiger partial charge in [-0.3, -0.25) is 9.78 Å². The summed E-state index contributed by atoms with van der Waals surface area (Å²) in [7, 11) is 0. The fourth-order valence-electron chi connectivity index (χ4n) is 2.35. The number of aromatic carboxylic acids is 1. The van der Waals surface area contributed by atoms with Gasteiger partial charge in [0.05, 0.1) is 11.8 Å². The van der Waals surface area contributed by atoms with E-state index in [4.69, 9.17) is 9.52 Å². The number of pyridine rings is 1. The van der Waals surface area contributed by atoms with Crippen molar-refractivity contribution in [3.8, 4) is 11.3 Å². The average Bonchev–Trinajstić information content (AvgIpc) is 3.10. The lowest BCUT2D eigenvalue weighted by Crippen LogP contribution is -2.18. The minimum Gasteiger partial charge on any atom is -0.478 e. The molecule has 2 heterocycles. The molecular formula is C19H15N3O4. The number of furan rings is 1. The van der Waals surface area contributed by atoms with Gasteiger partial charge in [0, 0.05) is 11.8 Å². The van der Waals surface area contributed by atoms with Crippen LogP contribution < -0.4 is 5.43 Å². The van der Waals surface area contributed by atoms with Crippen molar-refractivity contribution in [3.05, 3.63) is 77.3 Å². The van der Waals surface area contributed by atoms with Crippen LogP contribution in [0.15, 0.2) is 64.2 Å². The van der Waals surface area contributed by atoms with Gasteiger partial charge in [-0.15, -0.1) is 0 Å². The number of hydrogen-bond acceptors (Lipinski definition) is 5. The van der Waals surface area contributed by atoms with Crippen LogP contribution in [0.5, 0.6) is 0 Å². The molecule has 0 fully saturated rings. The van der Waals surface area contributed by atoms with Gasteiger partial charge >= 0.3 is 5.97 Å². The number of hydrazone groups is 1. The number of amides is 1. The zero-order valence-electron chi connectivity index (χ0n) is 13.8. The molecular weight excluding hydrogens is 334 g/mol. The third-order valence-electron chi connectivity index (χ3n) is 3.62. The number of aromatic nitrogens is 1. The molecule has 0 aliphatic carbocycles. The van der Waals surface area contributed by atoms with E-state index >= 15 is 0 Å². The predicted octanol–water partition coefficient (Wildman–Crippen LogP) is 3.11. The molecule has 26 heavy (non-hydrogen) atoms. The first-order chi connectivity index (χ1) is 12.5. The van der Waals surface area contributed by atoms with Gasteiger partial charge < -0.3 is 9.52 Å². The summed E-state index contributed by atoms with van der Waals surface area (Å²) in [4.78, 5) is 26.8. The van der Waals surface area contributed by atoms with Crippen LogP contribution in [-0.2, 0) is 0 Å². The average molecular weight is 349 g/mol. The van der Waals surface area contributed by atoms with E-state index in [1.165, 1.54) is 18.5 Å². The van der Waals surface area contributed by atoms with Crippen LogP contribution in [0.2, 0.25) is 0 Å². The lowest BCUT2D eigenvalue weighted by Gasteiger charge is -2.03. The van der Waals surface area contributed by atoms with Crippen molar-refractivity contribution in [1.82, 2.24) is 10.4 Å². The van der Waals surface area contributed by atoms with Crippen LogP contribution in [0, 0.1) is 6.92 Å². The Morgan fingerprint density at radius 3 is 2.73 bits per heavy atom. The van der Waals surface area contributed by atoms with Gasteiger partial charge in [0.2, 0.25) is 0 Å². The maximum Gasteiger partial charge on any atom is 0.335 e. The summed E-state index contributed by atoms with van der Waals surface area (Å²) in [5.41, 5.74) is 4.42. The van der Waals surface area contributed by atoms with Crippen molar-refractivity contribution in [2.24, 2.45) is 5.10 Å². The Balaban J connectivity index is 1.70. The first-order valence-electron chi connectivity index (χ1n) is 7.73. The van der Waals surface area contributed by atoms with Crippen LogP contribution in [0.4, 0.5) is 0 Å². The molecule has 0 aliphatic heterocycles. The third-order valence-corrected chi connectivity index (χ3v) is 3.62. The maximum absolute atomic E-state index is 11.8. The standard InChI is InChI=1S/C19H15N3O4/c1-12-10-13(19(24)25)5-7-15(12)17-8-6-14(26-17)11-21-22-18(23)16-4-2-3-9-20-16/h2-11H,1H3,(H,22,23)(H,24,25). The lowest BCUT2D eigenvalue weighted by atomic mass is 10.0. The molecule has 7 nitrogen and oxygen atoms in total. The Hall–Kier alpha value is -3.74. The summed E-state index contributed by atoms with van der Waals surface area (Å²) >= 11 is 0. The second-order valence-electron chi connectivity index (χ2n) is 5.45. The van der Waals surface area contributed by atoms with Crippen LogP contribution >= 0.6 is 0 Å². The number of carbonyl (C=O) groups excluding carboxylic acids is 1. The fourth-order valence-corrected chi connectivity index (χ4v) is 2.35. The zero-order chi connectivity index (χ0) is 18.5. The molecule has 0 saturated carbocycles. The topological polar surface area (TPSA) is 105 Å². The molecule has 3 aromatic rings. The Morgan fingerprint density at radius 1 is 1.19 bits per heavy atom. The van der Waals surface area contributed by atoms with E-state index in [9.17, 15) is 9.59 Å². The molecule has 0 aliphatic rings. The van der Waals surface area contributed by atoms with Gasteiger partial charge in [-0.25, -0.2) is 10.2 Å². The smallest absolute Gasteiger partial charge is 0.335 e. The van der Waals surface area contributed by atoms with E-state index in [-0.39, 0.29) is 11.3 Å². The molecule has 130 valence electrons. The molecule has 0 spiro atoms. The number of nitrogens with zero attached hydrogens (tertiary/aromatic N) is 2. The molecule has 0 atom stereocenters. The molecule has 1 aromatic carbocycles. The quantitative estimate of drug-likeness (QED) is 0.544. The Bertz CT molecular complexity index is 977. The minimum atomic E-state index is -0.976. The highest BCUT2D eigenvalue weighted by molar-refractivity contribution is 5.93. The van der Waals surface area contributed by atoms with Gasteiger partial charge in [0.25, 0.3) is 5.91 Å². The van der Waals surface area contributed by atoms with Crippen molar-refractivity contribution < 1.29 is 19.1 Å². The van der Waals surface area contributed by atoms with E-state index in [1.807, 2.05) is 6.92 Å². The molecule has 1 amide bonds. The number of aryl methyl sites for hydroxylation is 1. The highest BCUT2D eigenvalue weighted by atomic mass is 16.4. The number of nitrogens with one attached hydrogen (secondary N) is 1. The fraction of sp³-hybridized carbons (Fsp3) is 0.0526. The summed E-state index contributed by atoms with van der Waals surface area (Å²) in [6.45, 7) is 1.81. The molecule has 0 saturated heterocycles. The van der Waals surface area contributed by atoms with E-state index in [0.29, 0.717) is 11.5 Å². The highest BCUT2D eigenvalue weighted by Crippen LogP contribution is 2.26. The van der Waals surface area contributed by atoms with Crippen molar-refractivity contribution in [2.75, 3.05) is 0 Å². The van der Waals surface area contributed by atoms with Crippen LogP contribution in [-0.4, -0.2) is 28.2 Å². The van der Waals surface area contributed by atoms with Crippen molar-refractivity contribution in [1.29, 1.82) is 0 Å². The predicted molar refractivity (Wildman–Crippen MR) is 95.1 cm³/mol. The molecule has 2 aromatic heterocycles. The Labute approximate surface area is 149 Å². The number of carbonyl (C=O) groups is 2. The molecule has 2 N–H and O–H groups in total. The van der Waals surface area contributed by atoms with Gasteiger partial charge in [0.1, 0.15) is 17.2 Å². The van der Waals surface area contributed by atoms with E-state index in [0.717, 1.165) is 11.1 Å². The molecule has 3 rings (SSSR count). The maximum atomic E-state index is 11.8. The van der Waals surface area contributed by atoms with Gasteiger partial charge in [-0.2, -0.15) is 5.10 Å². The van der Waals surface area contributed by atoms with Gasteiger partial charge in [-0.1, -0.05) is 12.1 Å². The van der Waals surface area contributed by atoms with E-state index < -0.39 is 11.9 Å². The van der Waals surface area contributed by atoms with Crippen molar-refractivity contribution >= 4 is 18.1 Å². The largest absolute Gasteiger partial charge is 0.478 e. The molecule has 7 heteroatoms. The van der Waals surface area contributed by atoms with Crippen LogP contribution in [0.3, 0.4) is 0 Å². The van der Waals surface area contributed by atoms with E-state index in [1.54, 1.807) is 42.5 Å². The van der Waals surface area contributed by atoms with Crippen molar-refractivity contribution in [3.63, 3.8) is 0 Å². The Morgan fingerprint density at radius 2 is 2.04 bits per heavy atom. The lowest BCUT2D eigenvalue weighted by molar-refractivity contribution is 0.0696. The number of hydrogen-bond donors (Lipinski definition) is 2. The summed E-state index contributed by atoms with van der Waals surface area (Å²) < 4.78 is 5.67. The van der Waals surface area contributed by atoms with E-state index in [2.05, 4.69) is 15.5 Å². The summed E-state index contributed by atoms with van der Waals surface area (Å²) in [6, 6.07) is 13.3. The number of rotatable bonds is 5. The zero-order valence-corrected chi connectivity index (χ0v) is 13.8. The van der Waals surface area contributed by atoms with Crippen LogP contribution in [0.25, 0.3) is 11.3 Å². The number of carboxylic acid groups (broad SMARTS) is 1. The van der Waals surface area contributed by atoms with Gasteiger partial charge in [-0.05, 0) is 48.9 Å². The first kappa shape index (κ1) is 17.1. The first-order valence-corrected chi connectivity index (χ1v) is 7.73. The molecule has 0 bridgehead atoms. The minimum absolute atomic E-state index is 0.219. The van der Waals surface area contributed by atoms with Gasteiger partial charge in [0.15, 0.2) is 0 Å². The van der Waals surface area contributed by atoms with Crippen molar-refractivity contribution in [2.45, 2.75) is 6.92 Å².